The number of para-hydroxylation sites is 1. The van der Waals surface area contributed by atoms with Crippen LogP contribution in [0, 0.1) is 11.5 Å². The summed E-state index contributed by atoms with van der Waals surface area (Å²) < 4.78 is 5.44. The van der Waals surface area contributed by atoms with Gasteiger partial charge in [-0.2, -0.15) is 5.26 Å². The summed E-state index contributed by atoms with van der Waals surface area (Å²) in [6.07, 6.45) is 3.63. The Bertz CT molecular complexity index is 815. The molecule has 0 aliphatic carbocycles. The number of nitrogens with zero attached hydrogens (tertiary/aromatic N) is 2. The van der Waals surface area contributed by atoms with E-state index in [2.05, 4.69) is 15.6 Å². The predicted octanol–water partition coefficient (Wildman–Crippen LogP) is 3.76. The molecule has 2 aromatic carbocycles. The average molecular weight is 354 g/mol. The maximum Gasteiger partial charge on any atom is 0.257 e. The van der Waals surface area contributed by atoms with E-state index in [9.17, 15) is 4.79 Å². The van der Waals surface area contributed by atoms with Gasteiger partial charge in [0.05, 0.1) is 17.9 Å². The number of benzene rings is 2. The van der Waals surface area contributed by atoms with Gasteiger partial charge in [0.1, 0.15) is 5.75 Å². The highest BCUT2D eigenvalue weighted by atomic mass is 32.2. The molecule has 0 atom stereocenters. The number of ether oxygens (including phenoxy) is 1. The first-order chi connectivity index (χ1) is 12.2. The van der Waals surface area contributed by atoms with Gasteiger partial charge in [0.2, 0.25) is 0 Å². The van der Waals surface area contributed by atoms with Crippen molar-refractivity contribution >= 4 is 34.2 Å². The van der Waals surface area contributed by atoms with Gasteiger partial charge in [0.15, 0.2) is 11.4 Å². The van der Waals surface area contributed by atoms with E-state index in [1.807, 2.05) is 25.2 Å². The molecule has 0 unspecified atom stereocenters. The van der Waals surface area contributed by atoms with Crippen LogP contribution in [0.4, 0.5) is 11.4 Å². The van der Waals surface area contributed by atoms with E-state index in [1.54, 1.807) is 42.7 Å². The van der Waals surface area contributed by atoms with Gasteiger partial charge in [-0.1, -0.05) is 30.0 Å². The number of hydrogen-bond donors (Lipinski definition) is 2. The molecule has 0 aliphatic heterocycles. The fourth-order valence-electron chi connectivity index (χ4n) is 2.07. The van der Waals surface area contributed by atoms with E-state index < -0.39 is 0 Å². The van der Waals surface area contributed by atoms with Crippen molar-refractivity contribution in [2.45, 2.75) is 6.92 Å². The lowest BCUT2D eigenvalue weighted by Crippen LogP contribution is -2.15. The van der Waals surface area contributed by atoms with Gasteiger partial charge >= 0.3 is 0 Å². The second kappa shape index (κ2) is 9.35. The Labute approximate surface area is 150 Å². The van der Waals surface area contributed by atoms with Crippen LogP contribution in [0.25, 0.3) is 0 Å². The smallest absolute Gasteiger partial charge is 0.257 e. The first-order valence-corrected chi connectivity index (χ1v) is 8.81. The van der Waals surface area contributed by atoms with Crippen LogP contribution in [0.3, 0.4) is 0 Å². The lowest BCUT2D eigenvalue weighted by Gasteiger charge is -2.10. The van der Waals surface area contributed by atoms with Gasteiger partial charge in [-0.15, -0.1) is 0 Å². The minimum absolute atomic E-state index is 0.287. The molecule has 128 valence electrons. The van der Waals surface area contributed by atoms with Crippen LogP contribution < -0.4 is 15.4 Å². The summed E-state index contributed by atoms with van der Waals surface area (Å²) in [5.41, 5.74) is 1.53. The first-order valence-electron chi connectivity index (χ1n) is 7.59. The normalized spacial score (nSPS) is 10.7. The molecule has 0 fully saturated rings. The molecule has 0 spiro atoms. The van der Waals surface area contributed by atoms with E-state index in [0.29, 0.717) is 34.5 Å². The fraction of sp³-hybridized carbons (Fsp3) is 0.167. The summed E-state index contributed by atoms with van der Waals surface area (Å²) in [6, 6.07) is 14.2. The number of aliphatic imine (C=N–C) groups is 1. The topological polar surface area (TPSA) is 86.5 Å². The molecule has 1 amide bonds. The standard InChI is InChI=1S/C18H18N4O2S/c1-3-24-14-8-6-7-13(11-14)21-17(23)15-9-4-5-10-16(15)22-18(25-2)20-12-19/h4-11H,3H2,1-2H3,(H,20,22)(H,21,23). The molecule has 2 aromatic rings. The highest BCUT2D eigenvalue weighted by molar-refractivity contribution is 8.13. The van der Waals surface area contributed by atoms with Crippen molar-refractivity contribution < 1.29 is 9.53 Å². The molecule has 0 radical (unpaired) electrons. The van der Waals surface area contributed by atoms with Crippen LogP contribution in [0.15, 0.2) is 53.5 Å². The quantitative estimate of drug-likeness (QED) is 0.369. The summed E-state index contributed by atoms with van der Waals surface area (Å²) in [4.78, 5) is 17.0. The van der Waals surface area contributed by atoms with E-state index >= 15 is 0 Å². The molecule has 0 heterocycles. The van der Waals surface area contributed by atoms with Crippen molar-refractivity contribution in [3.8, 4) is 11.9 Å². The Hall–Kier alpha value is -2.98. The number of anilines is 1. The number of nitriles is 1. The Morgan fingerprint density at radius 2 is 2.08 bits per heavy atom. The maximum atomic E-state index is 12.6. The van der Waals surface area contributed by atoms with Crippen molar-refractivity contribution in [2.24, 2.45) is 4.99 Å². The van der Waals surface area contributed by atoms with Crippen LogP contribution in [0.5, 0.6) is 5.75 Å². The Morgan fingerprint density at radius 1 is 1.28 bits per heavy atom. The van der Waals surface area contributed by atoms with Crippen LogP contribution in [-0.2, 0) is 0 Å². The SMILES string of the molecule is CCOc1cccc(NC(=O)c2ccccc2N=C(NC#N)SC)c1. The summed E-state index contributed by atoms with van der Waals surface area (Å²) >= 11 is 1.29. The number of carbonyl (C=O) groups is 1. The highest BCUT2D eigenvalue weighted by Crippen LogP contribution is 2.23. The van der Waals surface area contributed by atoms with Crippen molar-refractivity contribution in [1.29, 1.82) is 5.26 Å². The monoisotopic (exact) mass is 354 g/mol. The van der Waals surface area contributed by atoms with E-state index in [4.69, 9.17) is 10.00 Å². The summed E-state index contributed by atoms with van der Waals surface area (Å²) in [5.74, 6) is 0.403. The lowest BCUT2D eigenvalue weighted by atomic mass is 10.1. The van der Waals surface area contributed by atoms with Crippen molar-refractivity contribution in [3.05, 3.63) is 54.1 Å². The molecule has 7 heteroatoms. The molecule has 0 saturated carbocycles. The van der Waals surface area contributed by atoms with Crippen LogP contribution >= 0.6 is 11.8 Å². The molecule has 0 aromatic heterocycles. The fourth-order valence-corrected chi connectivity index (χ4v) is 2.41. The molecular formula is C18H18N4O2S. The zero-order valence-corrected chi connectivity index (χ0v) is 14.8. The number of carbonyl (C=O) groups excluding carboxylic acids is 1. The molecule has 2 rings (SSSR count). The zero-order chi connectivity index (χ0) is 18.1. The first kappa shape index (κ1) is 18.4. The molecular weight excluding hydrogens is 336 g/mol. The van der Waals surface area contributed by atoms with Gasteiger partial charge in [-0.25, -0.2) is 4.99 Å². The van der Waals surface area contributed by atoms with Crippen LogP contribution in [0.1, 0.15) is 17.3 Å². The van der Waals surface area contributed by atoms with Crippen LogP contribution in [-0.4, -0.2) is 23.9 Å². The van der Waals surface area contributed by atoms with Gasteiger partial charge in [0, 0.05) is 11.8 Å². The molecule has 0 bridgehead atoms. The maximum absolute atomic E-state index is 12.6. The van der Waals surface area contributed by atoms with E-state index in [0.717, 1.165) is 0 Å². The predicted molar refractivity (Wildman–Crippen MR) is 101 cm³/mol. The minimum Gasteiger partial charge on any atom is -0.494 e. The Morgan fingerprint density at radius 3 is 2.80 bits per heavy atom. The third-order valence-corrected chi connectivity index (χ3v) is 3.71. The highest BCUT2D eigenvalue weighted by Gasteiger charge is 2.12. The largest absolute Gasteiger partial charge is 0.494 e. The van der Waals surface area contributed by atoms with Gasteiger partial charge in [-0.3, -0.25) is 10.1 Å². The average Bonchev–Trinajstić information content (AvgIpc) is 2.62. The summed E-state index contributed by atoms with van der Waals surface area (Å²) in [5, 5.41) is 14.5. The summed E-state index contributed by atoms with van der Waals surface area (Å²) in [7, 11) is 0. The van der Waals surface area contributed by atoms with E-state index in [-0.39, 0.29) is 5.91 Å². The van der Waals surface area contributed by atoms with Gasteiger partial charge in [-0.05, 0) is 37.4 Å². The Balaban J connectivity index is 2.25. The number of amides is 1. The zero-order valence-electron chi connectivity index (χ0n) is 13.9. The minimum atomic E-state index is -0.287. The molecule has 25 heavy (non-hydrogen) atoms. The second-order valence-electron chi connectivity index (χ2n) is 4.79. The van der Waals surface area contributed by atoms with Gasteiger partial charge in [0.25, 0.3) is 5.91 Å². The van der Waals surface area contributed by atoms with Gasteiger partial charge < -0.3 is 10.1 Å². The number of nitrogens with one attached hydrogen (secondary N) is 2. The molecule has 2 N–H and O–H groups in total. The van der Waals surface area contributed by atoms with Crippen molar-refractivity contribution in [2.75, 3.05) is 18.2 Å². The van der Waals surface area contributed by atoms with Crippen molar-refractivity contribution in [1.82, 2.24) is 5.32 Å². The Kier molecular flexibility index (Phi) is 6.87. The third-order valence-electron chi connectivity index (χ3n) is 3.13. The molecule has 6 nitrogen and oxygen atoms in total. The number of amidine groups is 1. The second-order valence-corrected chi connectivity index (χ2v) is 5.58. The third kappa shape index (κ3) is 5.26. The van der Waals surface area contributed by atoms with E-state index in [1.165, 1.54) is 11.8 Å². The van der Waals surface area contributed by atoms with Crippen LogP contribution in [0.2, 0.25) is 0 Å². The number of rotatable bonds is 5. The summed E-state index contributed by atoms with van der Waals surface area (Å²) in [6.45, 7) is 2.45. The molecule has 0 aliphatic rings. The van der Waals surface area contributed by atoms with Crippen molar-refractivity contribution in [3.63, 3.8) is 0 Å². The number of thioether (sulfide) groups is 1. The molecule has 0 saturated heterocycles. The lowest BCUT2D eigenvalue weighted by molar-refractivity contribution is 0.102. The number of hydrogen-bond acceptors (Lipinski definition) is 5.